The molecule has 0 spiro atoms. The van der Waals surface area contributed by atoms with Crippen LogP contribution in [0.25, 0.3) is 0 Å². The highest BCUT2D eigenvalue weighted by atomic mass is 79.9. The third kappa shape index (κ3) is 3.80. The number of hydrogen-bond donors (Lipinski definition) is 1. The number of para-hydroxylation sites is 1. The third-order valence-electron chi connectivity index (χ3n) is 2.75. The minimum Gasteiger partial charge on any atom is -0.484 e. The molecule has 1 heterocycles. The molecule has 20 heavy (non-hydrogen) atoms. The second kappa shape index (κ2) is 6.85. The highest BCUT2D eigenvalue weighted by Gasteiger charge is 2.12. The first-order valence-corrected chi connectivity index (χ1v) is 7.36. The zero-order chi connectivity index (χ0) is 14.5. The van der Waals surface area contributed by atoms with Crippen LogP contribution in [0.5, 0.6) is 5.75 Å². The van der Waals surface area contributed by atoms with Crippen LogP contribution in [-0.2, 0) is 19.4 Å². The first-order valence-electron chi connectivity index (χ1n) is 6.57. The molecule has 0 fully saturated rings. The van der Waals surface area contributed by atoms with Gasteiger partial charge < -0.3 is 15.0 Å². The van der Waals surface area contributed by atoms with Crippen LogP contribution in [0.1, 0.15) is 31.1 Å². The molecule has 2 N–H and O–H groups in total. The number of rotatable bonds is 6. The smallest absolute Gasteiger partial charge is 0.226 e. The Morgan fingerprint density at radius 1 is 1.45 bits per heavy atom. The lowest BCUT2D eigenvalue weighted by Crippen LogP contribution is -2.18. The number of benzene rings is 1. The van der Waals surface area contributed by atoms with Gasteiger partial charge in [0.05, 0.1) is 4.47 Å². The Morgan fingerprint density at radius 2 is 2.25 bits per heavy atom. The number of hydrogen-bond acceptors (Lipinski definition) is 5. The highest BCUT2D eigenvalue weighted by Crippen LogP contribution is 2.30. The van der Waals surface area contributed by atoms with Crippen molar-refractivity contribution in [2.45, 2.75) is 39.3 Å². The van der Waals surface area contributed by atoms with E-state index < -0.39 is 0 Å². The first kappa shape index (κ1) is 15.0. The lowest BCUT2D eigenvalue weighted by Gasteiger charge is -2.13. The molecule has 0 radical (unpaired) electrons. The molecule has 6 heteroatoms. The van der Waals surface area contributed by atoms with E-state index in [1.165, 1.54) is 0 Å². The lowest BCUT2D eigenvalue weighted by molar-refractivity contribution is 0.280. The molecular weight excluding hydrogens is 322 g/mol. The van der Waals surface area contributed by atoms with Crippen LogP contribution in [0.2, 0.25) is 0 Å². The fourth-order valence-corrected chi connectivity index (χ4v) is 2.37. The van der Waals surface area contributed by atoms with Crippen molar-refractivity contribution in [1.29, 1.82) is 0 Å². The molecule has 0 aliphatic heterocycles. The van der Waals surface area contributed by atoms with Crippen molar-refractivity contribution in [1.82, 2.24) is 10.1 Å². The third-order valence-corrected chi connectivity index (χ3v) is 3.37. The Labute approximate surface area is 126 Å². The molecule has 1 atom stereocenters. The molecule has 0 saturated heterocycles. The van der Waals surface area contributed by atoms with Crippen molar-refractivity contribution in [3.05, 3.63) is 40.0 Å². The zero-order valence-corrected chi connectivity index (χ0v) is 13.2. The van der Waals surface area contributed by atoms with Gasteiger partial charge in [-0.05, 0) is 40.9 Å². The molecule has 0 amide bonds. The van der Waals surface area contributed by atoms with E-state index in [-0.39, 0.29) is 12.6 Å². The fourth-order valence-electron chi connectivity index (χ4n) is 1.85. The molecule has 2 aromatic rings. The van der Waals surface area contributed by atoms with Gasteiger partial charge in [-0.3, -0.25) is 0 Å². The summed E-state index contributed by atoms with van der Waals surface area (Å²) >= 11 is 3.50. The summed E-state index contributed by atoms with van der Waals surface area (Å²) in [5.41, 5.74) is 6.92. The molecule has 0 aliphatic rings. The second-order valence-electron chi connectivity index (χ2n) is 4.66. The second-order valence-corrected chi connectivity index (χ2v) is 5.51. The van der Waals surface area contributed by atoms with Crippen LogP contribution in [-0.4, -0.2) is 16.2 Å². The summed E-state index contributed by atoms with van der Waals surface area (Å²) in [5, 5.41) is 3.87. The first-order chi connectivity index (χ1) is 9.60. The summed E-state index contributed by atoms with van der Waals surface area (Å²) < 4.78 is 11.8. The lowest BCUT2D eigenvalue weighted by atomic mass is 10.1. The van der Waals surface area contributed by atoms with Crippen LogP contribution in [0.3, 0.4) is 0 Å². The maximum atomic E-state index is 5.86. The van der Waals surface area contributed by atoms with Gasteiger partial charge >= 0.3 is 0 Å². The van der Waals surface area contributed by atoms with E-state index in [1.54, 1.807) is 0 Å². The summed E-state index contributed by atoms with van der Waals surface area (Å²) in [6, 6.07) is 5.99. The normalized spacial score (nSPS) is 12.4. The van der Waals surface area contributed by atoms with Crippen LogP contribution >= 0.6 is 15.9 Å². The Bertz CT molecular complexity index is 569. The maximum absolute atomic E-state index is 5.86. The van der Waals surface area contributed by atoms with Gasteiger partial charge in [0.25, 0.3) is 0 Å². The maximum Gasteiger partial charge on any atom is 0.226 e. The van der Waals surface area contributed by atoms with E-state index in [4.69, 9.17) is 15.0 Å². The average Bonchev–Trinajstić information content (AvgIpc) is 2.85. The standard InChI is InChI=1S/C14H18BrN3O2/c1-3-13-17-12(18-20-13)8-19-14-10(7-9(2)16)5-4-6-11(14)15/h4-6,9H,3,7-8,16H2,1-2H3. The van der Waals surface area contributed by atoms with Crippen molar-refractivity contribution in [3.63, 3.8) is 0 Å². The van der Waals surface area contributed by atoms with E-state index in [0.29, 0.717) is 11.7 Å². The molecule has 5 nitrogen and oxygen atoms in total. The SMILES string of the molecule is CCc1nc(COc2c(Br)cccc2CC(C)N)no1. The van der Waals surface area contributed by atoms with Gasteiger partial charge in [0.1, 0.15) is 5.75 Å². The van der Waals surface area contributed by atoms with Crippen molar-refractivity contribution < 1.29 is 9.26 Å². The van der Waals surface area contributed by atoms with Crippen molar-refractivity contribution in [2.24, 2.45) is 5.73 Å². The quantitative estimate of drug-likeness (QED) is 0.875. The Balaban J connectivity index is 2.11. The van der Waals surface area contributed by atoms with Crippen LogP contribution in [0, 0.1) is 0 Å². The van der Waals surface area contributed by atoms with Gasteiger partial charge in [0, 0.05) is 12.5 Å². The number of aromatic nitrogens is 2. The fraction of sp³-hybridized carbons (Fsp3) is 0.429. The topological polar surface area (TPSA) is 74.2 Å². The van der Waals surface area contributed by atoms with Crippen molar-refractivity contribution in [2.75, 3.05) is 0 Å². The van der Waals surface area contributed by atoms with E-state index >= 15 is 0 Å². The Kier molecular flexibility index (Phi) is 5.14. The van der Waals surface area contributed by atoms with E-state index in [2.05, 4.69) is 26.1 Å². The van der Waals surface area contributed by atoms with Gasteiger partial charge in [0.2, 0.25) is 11.7 Å². The summed E-state index contributed by atoms with van der Waals surface area (Å²) in [6.07, 6.45) is 1.47. The zero-order valence-electron chi connectivity index (χ0n) is 11.6. The average molecular weight is 340 g/mol. The number of halogens is 1. The highest BCUT2D eigenvalue weighted by molar-refractivity contribution is 9.10. The van der Waals surface area contributed by atoms with Crippen molar-refractivity contribution in [3.8, 4) is 5.75 Å². The molecular formula is C14H18BrN3O2. The molecule has 1 unspecified atom stereocenters. The van der Waals surface area contributed by atoms with E-state index in [9.17, 15) is 0 Å². The van der Waals surface area contributed by atoms with Crippen molar-refractivity contribution >= 4 is 15.9 Å². The molecule has 0 aliphatic carbocycles. The van der Waals surface area contributed by atoms with Crippen LogP contribution in [0.15, 0.2) is 27.2 Å². The summed E-state index contributed by atoms with van der Waals surface area (Å²) in [6.45, 7) is 4.21. The predicted octanol–water partition coefficient (Wildman–Crippen LogP) is 2.86. The number of nitrogens with zero attached hydrogens (tertiary/aromatic N) is 2. The summed E-state index contributed by atoms with van der Waals surface area (Å²) in [7, 11) is 0. The molecule has 1 aromatic carbocycles. The Morgan fingerprint density at radius 3 is 2.90 bits per heavy atom. The van der Waals surface area contributed by atoms with Gasteiger partial charge in [-0.25, -0.2) is 0 Å². The molecule has 1 aromatic heterocycles. The van der Waals surface area contributed by atoms with Crippen LogP contribution in [0.4, 0.5) is 0 Å². The summed E-state index contributed by atoms with van der Waals surface area (Å²) in [5.74, 6) is 1.95. The number of nitrogens with two attached hydrogens (primary N) is 1. The van der Waals surface area contributed by atoms with Gasteiger partial charge in [-0.2, -0.15) is 4.98 Å². The monoisotopic (exact) mass is 339 g/mol. The largest absolute Gasteiger partial charge is 0.484 e. The minimum absolute atomic E-state index is 0.0727. The molecule has 0 bridgehead atoms. The number of ether oxygens (including phenoxy) is 1. The van der Waals surface area contributed by atoms with Gasteiger partial charge in [-0.1, -0.05) is 24.2 Å². The molecule has 108 valence electrons. The van der Waals surface area contributed by atoms with Gasteiger partial charge in [-0.15, -0.1) is 0 Å². The number of aryl methyl sites for hydroxylation is 1. The van der Waals surface area contributed by atoms with E-state index in [0.717, 1.165) is 28.6 Å². The predicted molar refractivity (Wildman–Crippen MR) is 79.5 cm³/mol. The van der Waals surface area contributed by atoms with E-state index in [1.807, 2.05) is 32.0 Å². The van der Waals surface area contributed by atoms with Gasteiger partial charge in [0.15, 0.2) is 6.61 Å². The summed E-state index contributed by atoms with van der Waals surface area (Å²) in [4.78, 5) is 4.22. The van der Waals surface area contributed by atoms with Crippen LogP contribution < -0.4 is 10.5 Å². The minimum atomic E-state index is 0.0727. The molecule has 0 saturated carbocycles. The molecule has 2 rings (SSSR count). The Hall–Kier alpha value is -1.40.